The van der Waals surface area contributed by atoms with Gasteiger partial charge in [-0.3, -0.25) is 4.79 Å². The zero-order valence-electron chi connectivity index (χ0n) is 16.4. The SMILES string of the molecule is Cc1sc(C(=O)NC2CCC(F)(F)CC2)cc1[C@@H]1C[C@H]1NCC1CCOCC1. The predicted molar refractivity (Wildman–Crippen MR) is 106 cm³/mol. The minimum atomic E-state index is -2.56. The molecule has 1 aromatic heterocycles. The van der Waals surface area contributed by atoms with Crippen molar-refractivity contribution in [2.24, 2.45) is 5.92 Å². The highest BCUT2D eigenvalue weighted by atomic mass is 32.1. The zero-order valence-corrected chi connectivity index (χ0v) is 17.3. The summed E-state index contributed by atoms with van der Waals surface area (Å²) in [6, 6.07) is 2.40. The van der Waals surface area contributed by atoms with Gasteiger partial charge in [0.05, 0.1) is 4.88 Å². The maximum atomic E-state index is 13.3. The molecule has 1 aromatic rings. The Morgan fingerprint density at radius 1 is 1.25 bits per heavy atom. The highest BCUT2D eigenvalue weighted by Crippen LogP contribution is 2.45. The molecule has 2 atom stereocenters. The monoisotopic (exact) mass is 412 g/mol. The first-order valence-electron chi connectivity index (χ1n) is 10.5. The number of hydrogen-bond acceptors (Lipinski definition) is 4. The summed E-state index contributed by atoms with van der Waals surface area (Å²) in [6.07, 6.45) is 3.86. The van der Waals surface area contributed by atoms with Crippen molar-refractivity contribution in [3.05, 3.63) is 21.4 Å². The van der Waals surface area contributed by atoms with E-state index >= 15 is 0 Å². The molecule has 2 saturated carbocycles. The van der Waals surface area contributed by atoms with Crippen LogP contribution in [-0.4, -0.2) is 43.7 Å². The van der Waals surface area contributed by atoms with Crippen LogP contribution in [0.5, 0.6) is 0 Å². The topological polar surface area (TPSA) is 50.4 Å². The summed E-state index contributed by atoms with van der Waals surface area (Å²) in [4.78, 5) is 14.5. The standard InChI is InChI=1S/C21H30F2N2O2S/c1-13-16(17-10-18(17)24-12-14-4-8-27-9-5-14)11-19(28-13)20(26)25-15-2-6-21(22,23)7-3-15/h11,14-15,17-18,24H,2-10,12H2,1H3,(H,25,26)/t17-,18+/m0/s1. The first kappa shape index (κ1) is 20.2. The molecule has 4 nitrogen and oxygen atoms in total. The normalized spacial score (nSPS) is 28.2. The maximum Gasteiger partial charge on any atom is 0.261 e. The van der Waals surface area contributed by atoms with E-state index in [0.29, 0.717) is 35.6 Å². The average molecular weight is 413 g/mol. The maximum absolute atomic E-state index is 13.3. The Balaban J connectivity index is 1.27. The van der Waals surface area contributed by atoms with Gasteiger partial charge in [0, 0.05) is 48.9 Å². The number of carbonyl (C=O) groups is 1. The van der Waals surface area contributed by atoms with Crippen LogP contribution < -0.4 is 10.6 Å². The van der Waals surface area contributed by atoms with E-state index in [1.807, 2.05) is 6.07 Å². The number of rotatable bonds is 6. The Hall–Kier alpha value is -1.05. The summed E-state index contributed by atoms with van der Waals surface area (Å²) in [6.45, 7) is 4.88. The van der Waals surface area contributed by atoms with Gasteiger partial charge < -0.3 is 15.4 Å². The molecular formula is C21H30F2N2O2S. The number of halogens is 2. The number of nitrogens with one attached hydrogen (secondary N) is 2. The number of amides is 1. The van der Waals surface area contributed by atoms with Gasteiger partial charge in [0.15, 0.2) is 0 Å². The third kappa shape index (κ3) is 4.92. The fraction of sp³-hybridized carbons (Fsp3) is 0.762. The lowest BCUT2D eigenvalue weighted by Crippen LogP contribution is -2.40. The molecule has 7 heteroatoms. The molecule has 2 aliphatic carbocycles. The van der Waals surface area contributed by atoms with Crippen LogP contribution in [0.3, 0.4) is 0 Å². The van der Waals surface area contributed by atoms with Crippen LogP contribution in [-0.2, 0) is 4.74 Å². The highest BCUT2D eigenvalue weighted by molar-refractivity contribution is 7.14. The lowest BCUT2D eigenvalue weighted by Gasteiger charge is -2.28. The predicted octanol–water partition coefficient (Wildman–Crippen LogP) is 4.24. The summed E-state index contributed by atoms with van der Waals surface area (Å²) in [5.74, 6) is -1.47. The second kappa shape index (κ2) is 8.36. The molecule has 4 rings (SSSR count). The Bertz CT molecular complexity index is 693. The number of carbonyl (C=O) groups excluding carboxylic acids is 1. The number of ether oxygens (including phenoxy) is 1. The highest BCUT2D eigenvalue weighted by Gasteiger charge is 2.40. The van der Waals surface area contributed by atoms with Crippen molar-refractivity contribution in [1.82, 2.24) is 10.6 Å². The van der Waals surface area contributed by atoms with Gasteiger partial charge in [-0.25, -0.2) is 8.78 Å². The van der Waals surface area contributed by atoms with E-state index < -0.39 is 5.92 Å². The molecule has 3 aliphatic rings. The van der Waals surface area contributed by atoms with E-state index in [4.69, 9.17) is 4.74 Å². The smallest absolute Gasteiger partial charge is 0.261 e. The minimum absolute atomic E-state index is 0.109. The second-order valence-corrected chi connectivity index (χ2v) is 9.89. The van der Waals surface area contributed by atoms with Crippen LogP contribution in [0, 0.1) is 12.8 Å². The van der Waals surface area contributed by atoms with E-state index in [1.54, 1.807) is 0 Å². The summed E-state index contributed by atoms with van der Waals surface area (Å²) < 4.78 is 32.0. The summed E-state index contributed by atoms with van der Waals surface area (Å²) in [5, 5.41) is 6.65. The molecule has 0 radical (unpaired) electrons. The van der Waals surface area contributed by atoms with Crippen molar-refractivity contribution in [2.45, 2.75) is 75.8 Å². The fourth-order valence-electron chi connectivity index (χ4n) is 4.45. The summed E-state index contributed by atoms with van der Waals surface area (Å²) in [5.41, 5.74) is 1.27. The van der Waals surface area contributed by atoms with Gasteiger partial charge in [-0.2, -0.15) is 0 Å². The third-order valence-electron chi connectivity index (χ3n) is 6.43. The molecule has 0 bridgehead atoms. The van der Waals surface area contributed by atoms with Crippen molar-refractivity contribution in [2.75, 3.05) is 19.8 Å². The van der Waals surface area contributed by atoms with Gasteiger partial charge in [0.2, 0.25) is 5.92 Å². The van der Waals surface area contributed by atoms with E-state index in [0.717, 1.165) is 39.0 Å². The Kier molecular flexibility index (Phi) is 6.04. The lowest BCUT2D eigenvalue weighted by molar-refractivity contribution is -0.0399. The van der Waals surface area contributed by atoms with Gasteiger partial charge >= 0.3 is 0 Å². The van der Waals surface area contributed by atoms with Crippen LogP contribution in [0.4, 0.5) is 8.78 Å². The third-order valence-corrected chi connectivity index (χ3v) is 7.50. The van der Waals surface area contributed by atoms with Gasteiger partial charge in [-0.15, -0.1) is 11.3 Å². The van der Waals surface area contributed by atoms with Crippen molar-refractivity contribution in [1.29, 1.82) is 0 Å². The Morgan fingerprint density at radius 3 is 2.68 bits per heavy atom. The van der Waals surface area contributed by atoms with Crippen LogP contribution >= 0.6 is 11.3 Å². The summed E-state index contributed by atoms with van der Waals surface area (Å²) in [7, 11) is 0. The zero-order chi connectivity index (χ0) is 19.7. The molecule has 0 unspecified atom stereocenters. The first-order chi connectivity index (χ1) is 13.4. The Morgan fingerprint density at radius 2 is 1.96 bits per heavy atom. The van der Waals surface area contributed by atoms with E-state index in [-0.39, 0.29) is 24.8 Å². The van der Waals surface area contributed by atoms with Crippen LogP contribution in [0.1, 0.15) is 71.0 Å². The quantitative estimate of drug-likeness (QED) is 0.735. The molecule has 0 aromatic carbocycles. The average Bonchev–Trinajstić information content (AvgIpc) is 3.35. The number of aryl methyl sites for hydroxylation is 1. The molecular weight excluding hydrogens is 382 g/mol. The van der Waals surface area contributed by atoms with Gasteiger partial charge in [0.25, 0.3) is 5.91 Å². The van der Waals surface area contributed by atoms with Crippen molar-refractivity contribution in [3.63, 3.8) is 0 Å². The molecule has 156 valence electrons. The van der Waals surface area contributed by atoms with Gasteiger partial charge in [0.1, 0.15) is 0 Å². The number of hydrogen-bond donors (Lipinski definition) is 2. The largest absolute Gasteiger partial charge is 0.381 e. The molecule has 2 heterocycles. The molecule has 2 N–H and O–H groups in total. The van der Waals surface area contributed by atoms with E-state index in [1.165, 1.54) is 21.8 Å². The number of alkyl halides is 2. The fourth-order valence-corrected chi connectivity index (χ4v) is 5.45. The van der Waals surface area contributed by atoms with Crippen molar-refractivity contribution >= 4 is 17.2 Å². The van der Waals surface area contributed by atoms with Crippen LogP contribution in [0.15, 0.2) is 6.07 Å². The van der Waals surface area contributed by atoms with E-state index in [2.05, 4.69) is 17.6 Å². The van der Waals surface area contributed by atoms with Crippen molar-refractivity contribution < 1.29 is 18.3 Å². The van der Waals surface area contributed by atoms with Crippen LogP contribution in [0.2, 0.25) is 0 Å². The second-order valence-electron chi connectivity index (χ2n) is 8.64. The minimum Gasteiger partial charge on any atom is -0.381 e. The Labute approximate surface area is 169 Å². The van der Waals surface area contributed by atoms with Crippen LogP contribution in [0.25, 0.3) is 0 Å². The lowest BCUT2D eigenvalue weighted by atomic mass is 9.92. The number of thiophene rings is 1. The summed E-state index contributed by atoms with van der Waals surface area (Å²) >= 11 is 1.52. The van der Waals surface area contributed by atoms with Gasteiger partial charge in [-0.1, -0.05) is 0 Å². The van der Waals surface area contributed by atoms with Crippen molar-refractivity contribution in [3.8, 4) is 0 Å². The first-order valence-corrected chi connectivity index (χ1v) is 11.3. The molecule has 0 spiro atoms. The molecule has 1 saturated heterocycles. The molecule has 28 heavy (non-hydrogen) atoms. The molecule has 3 fully saturated rings. The molecule has 1 amide bonds. The van der Waals surface area contributed by atoms with E-state index in [9.17, 15) is 13.6 Å². The van der Waals surface area contributed by atoms with Gasteiger partial charge in [-0.05, 0) is 63.1 Å². The molecule has 1 aliphatic heterocycles.